The van der Waals surface area contributed by atoms with Crippen LogP contribution in [0.1, 0.15) is 116 Å². The topological polar surface area (TPSA) is 68.3 Å². The first-order valence-corrected chi connectivity index (χ1v) is 35.7. The van der Waals surface area contributed by atoms with Gasteiger partial charge in [0, 0.05) is 49.3 Å². The van der Waals surface area contributed by atoms with Gasteiger partial charge in [-0.2, -0.15) is 0 Å². The summed E-state index contributed by atoms with van der Waals surface area (Å²) in [5.41, 5.74) is 6.55. The van der Waals surface area contributed by atoms with Gasteiger partial charge in [-0.25, -0.2) is 61.1 Å². The van der Waals surface area contributed by atoms with Gasteiger partial charge in [-0.3, -0.25) is 4.79 Å². The van der Waals surface area contributed by atoms with Gasteiger partial charge in [0.1, 0.15) is 0 Å². The van der Waals surface area contributed by atoms with E-state index in [0.29, 0.717) is 23.6 Å². The predicted molar refractivity (Wildman–Crippen MR) is 411 cm³/mol. The Labute approximate surface area is 621 Å². The van der Waals surface area contributed by atoms with Crippen LogP contribution in [-0.4, -0.2) is 14.2 Å². The zero-order valence-corrected chi connectivity index (χ0v) is 60.8. The zero-order chi connectivity index (χ0) is 76.7. The highest BCUT2D eigenvalue weighted by Gasteiger charge is 2.33. The van der Waals surface area contributed by atoms with Gasteiger partial charge in [-0.15, -0.1) is 0 Å². The van der Waals surface area contributed by atoms with Gasteiger partial charge in [-0.1, -0.05) is 267 Å². The van der Waals surface area contributed by atoms with E-state index in [4.69, 9.17) is 0 Å². The Hall–Kier alpha value is -10.4. The third kappa shape index (κ3) is 21.9. The van der Waals surface area contributed by atoms with Crippen molar-refractivity contribution in [1.29, 1.82) is 0 Å². The van der Waals surface area contributed by atoms with Gasteiger partial charge in [-0.05, 0) is 125 Å². The number of benzene rings is 12. The number of halogens is 12. The Balaban J connectivity index is 0.000000273. The van der Waals surface area contributed by atoms with E-state index < -0.39 is 120 Å². The molecule has 0 saturated carbocycles. The normalized spacial score (nSPS) is 10.6. The number of rotatable bonds is 10. The molecule has 12 aromatic rings. The molecular formula is C89H87F12O4PS. The van der Waals surface area contributed by atoms with Crippen molar-refractivity contribution in [3.63, 3.8) is 0 Å². The van der Waals surface area contributed by atoms with Crippen molar-refractivity contribution in [2.75, 3.05) is 0 Å². The lowest BCUT2D eigenvalue weighted by Crippen LogP contribution is -2.25. The molecule has 107 heavy (non-hydrogen) atoms. The van der Waals surface area contributed by atoms with Gasteiger partial charge in [0.2, 0.25) is 9.84 Å². The van der Waals surface area contributed by atoms with E-state index >= 15 is 0 Å². The maximum Gasteiger partial charge on any atom is 0.206 e. The largest absolute Gasteiger partial charge is 0.309 e. The molecule has 0 aliphatic rings. The fourth-order valence-corrected chi connectivity index (χ4v) is 14.0. The maximum atomic E-state index is 14.0. The predicted octanol–water partition coefficient (Wildman–Crippen LogP) is 24.4. The number of carbonyl (C=O) groups is 1. The summed E-state index contributed by atoms with van der Waals surface area (Å²) >= 11 is 0. The Bertz CT molecular complexity index is 4710. The van der Waals surface area contributed by atoms with Crippen LogP contribution in [0.15, 0.2) is 234 Å². The number of sulfone groups is 1. The lowest BCUT2D eigenvalue weighted by molar-refractivity contribution is 0.103. The molecule has 562 valence electrons. The molecule has 0 bridgehead atoms. The number of ketones is 1. The van der Waals surface area contributed by atoms with Crippen molar-refractivity contribution in [3.8, 4) is 11.1 Å². The van der Waals surface area contributed by atoms with Crippen LogP contribution >= 0.6 is 7.14 Å². The molecule has 0 aromatic heterocycles. The van der Waals surface area contributed by atoms with Crippen molar-refractivity contribution in [2.24, 2.45) is 0 Å². The van der Waals surface area contributed by atoms with Crippen LogP contribution in [0.5, 0.6) is 0 Å². The number of carbonyl (C=O) groups excluding carboxylic acids is 1. The highest BCUT2D eigenvalue weighted by molar-refractivity contribution is 7.91. The molecule has 0 saturated heterocycles. The molecule has 0 fully saturated rings. The Kier molecular flexibility index (Phi) is 32.7. The summed E-state index contributed by atoms with van der Waals surface area (Å²) in [6.45, 7) is 19.6. The molecule has 0 atom stereocenters. The van der Waals surface area contributed by atoms with Crippen molar-refractivity contribution in [1.82, 2.24) is 0 Å². The standard InChI is InChI=1S/C20H19OP.C15H14O.C15H16.C14H6F8.C14H14O2S.C8H6F4.3CH4/c1-16-8-12-19(13-9-16)22(21,18-6-4-3-5-7-18)20-14-10-17(2)11-15-20;1-11-3-7-13(8-4-11)15(16)14-9-5-12(2)6-10-14;1-12-3-7-14(8-4-12)11-15-9-5-13(2)6-10-15;1-3-7(15)11(19)5(12(20)8(3)16)6-13(21)9(17)4(2)10(18)14(6)22;1-11-3-7-13(8-4-11)17(15,16)14-9-5-12(2)6-10-14;1-3-5(9)7(11)4(2)8(12)6(3)10;;;/h3-15H,1-2H3;3-10H,1-2H3;3-10H,11H2,1-2H3;1-2H3;3-10H,1-2H3;1-2H3;3*1H4. The summed E-state index contributed by atoms with van der Waals surface area (Å²) in [4.78, 5) is 12.7. The summed E-state index contributed by atoms with van der Waals surface area (Å²) < 4.78 is 198. The summed E-state index contributed by atoms with van der Waals surface area (Å²) in [6, 6.07) is 72.5. The van der Waals surface area contributed by atoms with E-state index in [1.165, 1.54) is 44.5 Å². The molecule has 12 aromatic carbocycles. The fourth-order valence-electron chi connectivity index (χ4n) is 10.2. The molecule has 0 spiro atoms. The van der Waals surface area contributed by atoms with Crippen LogP contribution in [0, 0.1) is 153 Å². The number of hydrogen-bond donors (Lipinski definition) is 0. The van der Waals surface area contributed by atoms with E-state index in [-0.39, 0.29) is 28.1 Å². The van der Waals surface area contributed by atoms with Crippen molar-refractivity contribution < 1.29 is 70.5 Å². The van der Waals surface area contributed by atoms with Crippen LogP contribution in [-0.2, 0) is 20.8 Å². The van der Waals surface area contributed by atoms with Crippen molar-refractivity contribution >= 4 is 38.7 Å². The summed E-state index contributed by atoms with van der Waals surface area (Å²) in [5, 5.41) is 2.64. The molecule has 0 aliphatic heterocycles. The number of hydrogen-bond acceptors (Lipinski definition) is 4. The molecule has 0 radical (unpaired) electrons. The van der Waals surface area contributed by atoms with Gasteiger partial charge in [0.15, 0.2) is 82.7 Å². The molecule has 0 N–H and O–H groups in total. The van der Waals surface area contributed by atoms with Gasteiger partial charge >= 0.3 is 0 Å². The quantitative estimate of drug-likeness (QED) is 0.0592. The number of aryl methyl sites for hydroxylation is 8. The first kappa shape index (κ1) is 89.0. The monoisotopic (exact) mass is 1510 g/mol. The van der Waals surface area contributed by atoms with Crippen LogP contribution in [0.3, 0.4) is 0 Å². The molecule has 0 heterocycles. The SMILES string of the molecule is C.C.C.Cc1c(F)c(F)c(-c2c(F)c(F)c(C)c(F)c2F)c(F)c1F.Cc1c(F)c(F)c(C)c(F)c1F.Cc1ccc(C(=O)c2ccc(C)cc2)cc1.Cc1ccc(Cc2ccc(C)cc2)cc1.Cc1ccc(P(=O)(c2ccccc2)c2ccc(C)cc2)cc1.Cc1ccc(S(=O)(=O)c2ccc(C)cc2)cc1. The van der Waals surface area contributed by atoms with Gasteiger partial charge < -0.3 is 4.57 Å². The smallest absolute Gasteiger partial charge is 0.206 e. The Morgan fingerprint density at radius 2 is 0.467 bits per heavy atom. The molecule has 0 aliphatic carbocycles. The lowest BCUT2D eigenvalue weighted by Gasteiger charge is -2.20. The summed E-state index contributed by atoms with van der Waals surface area (Å²) in [5.74, 6) is -21.5. The average Bonchev–Trinajstić information content (AvgIpc) is 0.767. The summed E-state index contributed by atoms with van der Waals surface area (Å²) in [6.07, 6.45) is 1.03. The minimum Gasteiger partial charge on any atom is -0.309 e. The Morgan fingerprint density at radius 1 is 0.271 bits per heavy atom. The third-order valence-corrected chi connectivity index (χ3v) is 21.6. The van der Waals surface area contributed by atoms with E-state index in [9.17, 15) is 70.5 Å². The first-order chi connectivity index (χ1) is 49.1. The van der Waals surface area contributed by atoms with Crippen molar-refractivity contribution in [3.05, 3.63) is 383 Å². The molecule has 0 amide bonds. The Morgan fingerprint density at radius 3 is 0.710 bits per heavy atom. The maximum absolute atomic E-state index is 14.0. The highest BCUT2D eigenvalue weighted by Crippen LogP contribution is 2.43. The summed E-state index contributed by atoms with van der Waals surface area (Å²) in [7, 11) is -6.19. The van der Waals surface area contributed by atoms with E-state index in [2.05, 4.69) is 62.4 Å². The molecule has 0 unspecified atom stereocenters. The minimum atomic E-state index is -3.37. The second-order valence-corrected chi connectivity index (χ2v) is 29.7. The second kappa shape index (κ2) is 39.3. The molecule has 4 nitrogen and oxygen atoms in total. The van der Waals surface area contributed by atoms with Crippen LogP contribution in [0.4, 0.5) is 52.7 Å². The molecule has 18 heteroatoms. The lowest BCUT2D eigenvalue weighted by atomic mass is 9.98. The average molecular weight is 1510 g/mol. The second-order valence-electron chi connectivity index (χ2n) is 25.0. The van der Waals surface area contributed by atoms with Crippen LogP contribution in [0.2, 0.25) is 0 Å². The van der Waals surface area contributed by atoms with E-state index in [0.717, 1.165) is 58.4 Å². The van der Waals surface area contributed by atoms with Gasteiger partial charge in [0.05, 0.1) is 20.9 Å². The minimum absolute atomic E-state index is 0. The van der Waals surface area contributed by atoms with Crippen LogP contribution in [0.25, 0.3) is 11.1 Å². The molecular weight excluding hydrogens is 1420 g/mol. The zero-order valence-electron chi connectivity index (χ0n) is 59.1. The fraction of sp³-hybridized carbons (Fsp3) is 0.180. The van der Waals surface area contributed by atoms with Gasteiger partial charge in [0.25, 0.3) is 0 Å². The molecule has 12 rings (SSSR count). The van der Waals surface area contributed by atoms with E-state index in [1.54, 1.807) is 48.5 Å². The van der Waals surface area contributed by atoms with E-state index in [1.807, 2.05) is 169 Å². The van der Waals surface area contributed by atoms with Crippen LogP contribution < -0.4 is 15.9 Å². The van der Waals surface area contributed by atoms with Crippen molar-refractivity contribution in [2.45, 2.75) is 122 Å². The first-order valence-electron chi connectivity index (χ1n) is 32.5. The highest BCUT2D eigenvalue weighted by atomic mass is 32.2. The third-order valence-electron chi connectivity index (χ3n) is 16.8.